The molecule has 0 unspecified atom stereocenters. The maximum Gasteiger partial charge on any atom is 0.267 e. The van der Waals surface area contributed by atoms with Gasteiger partial charge in [0.05, 0.1) is 11.5 Å². The van der Waals surface area contributed by atoms with E-state index in [0.717, 1.165) is 10.9 Å². The zero-order chi connectivity index (χ0) is 16.6. The summed E-state index contributed by atoms with van der Waals surface area (Å²) in [6, 6.07) is 7.99. The van der Waals surface area contributed by atoms with E-state index in [1.807, 2.05) is 12.1 Å². The van der Waals surface area contributed by atoms with Crippen molar-refractivity contribution in [3.8, 4) is 0 Å². The second-order valence-electron chi connectivity index (χ2n) is 6.66. The predicted octanol–water partition coefficient (Wildman–Crippen LogP) is 2.46. The molecular formula is C17H22N2O3S. The molecule has 0 bridgehead atoms. The van der Waals surface area contributed by atoms with Crippen molar-refractivity contribution >= 4 is 26.6 Å². The Morgan fingerprint density at radius 1 is 1.35 bits per heavy atom. The number of carbonyl (C=O) groups is 1. The summed E-state index contributed by atoms with van der Waals surface area (Å²) in [6.07, 6.45) is 0.632. The molecule has 1 amide bonds. The second kappa shape index (κ2) is 6.00. The van der Waals surface area contributed by atoms with Crippen molar-refractivity contribution in [2.75, 3.05) is 18.1 Å². The van der Waals surface area contributed by atoms with Gasteiger partial charge in [-0.15, -0.1) is 0 Å². The summed E-state index contributed by atoms with van der Waals surface area (Å²) in [5.41, 5.74) is 2.69. The summed E-state index contributed by atoms with van der Waals surface area (Å²) in [6.45, 7) is 4.67. The minimum absolute atomic E-state index is 0.0286. The van der Waals surface area contributed by atoms with Gasteiger partial charge in [-0.25, -0.2) is 8.42 Å². The first-order valence-electron chi connectivity index (χ1n) is 7.95. The fourth-order valence-electron chi connectivity index (χ4n) is 2.99. The quantitative estimate of drug-likeness (QED) is 0.901. The third-order valence-electron chi connectivity index (χ3n) is 4.44. The summed E-state index contributed by atoms with van der Waals surface area (Å²) in [7, 11) is -2.90. The lowest BCUT2D eigenvalue weighted by Gasteiger charge is -2.08. The van der Waals surface area contributed by atoms with Gasteiger partial charge in [-0.3, -0.25) is 4.79 Å². The van der Waals surface area contributed by atoms with E-state index in [0.29, 0.717) is 24.6 Å². The van der Waals surface area contributed by atoms with Crippen LogP contribution < -0.4 is 5.32 Å². The molecule has 1 aromatic carbocycles. The summed E-state index contributed by atoms with van der Waals surface area (Å²) in [5, 5.41) is 3.85. The number of amides is 1. The van der Waals surface area contributed by atoms with Gasteiger partial charge in [0.1, 0.15) is 5.69 Å². The smallest absolute Gasteiger partial charge is 0.267 e. The first-order chi connectivity index (χ1) is 10.8. The third-order valence-corrected chi connectivity index (χ3v) is 6.27. The number of fused-ring (bicyclic) bond motifs is 1. The fraction of sp³-hybridized carbons (Fsp3) is 0.471. The number of carbonyl (C=O) groups excluding carboxylic acids is 1. The number of hydrogen-bond donors (Lipinski definition) is 2. The Labute approximate surface area is 136 Å². The van der Waals surface area contributed by atoms with Gasteiger partial charge in [0.15, 0.2) is 9.84 Å². The Bertz CT molecular complexity index is 837. The molecule has 0 saturated carbocycles. The normalized spacial score (nSPS) is 20.2. The molecule has 1 aromatic heterocycles. The standard InChI is InChI=1S/C17H22N2O3S/c1-11(2)13-3-4-14-8-16(19-15(14)7-13)17(20)18-9-12-5-6-23(21,22)10-12/h3-4,7-8,11-12,19H,5-6,9-10H2,1-2H3,(H,18,20)/t12-/m0/s1. The second-order valence-corrected chi connectivity index (χ2v) is 8.89. The largest absolute Gasteiger partial charge is 0.351 e. The van der Waals surface area contributed by atoms with Gasteiger partial charge in [0.25, 0.3) is 5.91 Å². The molecule has 1 saturated heterocycles. The van der Waals surface area contributed by atoms with E-state index in [2.05, 4.69) is 36.3 Å². The Morgan fingerprint density at radius 2 is 2.13 bits per heavy atom. The van der Waals surface area contributed by atoms with Gasteiger partial charge in [-0.05, 0) is 36.0 Å². The minimum atomic E-state index is -2.90. The molecule has 3 rings (SSSR count). The van der Waals surface area contributed by atoms with Crippen molar-refractivity contribution in [1.82, 2.24) is 10.3 Å². The predicted molar refractivity (Wildman–Crippen MR) is 91.5 cm³/mol. The zero-order valence-corrected chi connectivity index (χ0v) is 14.2. The number of nitrogens with one attached hydrogen (secondary N) is 2. The highest BCUT2D eigenvalue weighted by atomic mass is 32.2. The first kappa shape index (κ1) is 16.1. The van der Waals surface area contributed by atoms with E-state index in [4.69, 9.17) is 0 Å². The van der Waals surface area contributed by atoms with Crippen LogP contribution >= 0.6 is 0 Å². The fourth-order valence-corrected chi connectivity index (χ4v) is 4.85. The van der Waals surface area contributed by atoms with E-state index in [9.17, 15) is 13.2 Å². The highest BCUT2D eigenvalue weighted by Gasteiger charge is 2.28. The summed E-state index contributed by atoms with van der Waals surface area (Å²) in [5.74, 6) is 0.692. The molecule has 1 aliphatic rings. The average molecular weight is 334 g/mol. The van der Waals surface area contributed by atoms with Crippen LogP contribution in [-0.2, 0) is 9.84 Å². The SMILES string of the molecule is CC(C)c1ccc2cc(C(=O)NC[C@@H]3CCS(=O)(=O)C3)[nH]c2c1. The van der Waals surface area contributed by atoms with Crippen LogP contribution in [0.5, 0.6) is 0 Å². The lowest BCUT2D eigenvalue weighted by atomic mass is 10.0. The number of benzene rings is 1. The van der Waals surface area contributed by atoms with Crippen molar-refractivity contribution in [3.63, 3.8) is 0 Å². The third kappa shape index (κ3) is 3.58. The topological polar surface area (TPSA) is 79.0 Å². The number of aromatic amines is 1. The van der Waals surface area contributed by atoms with Crippen molar-refractivity contribution in [2.24, 2.45) is 5.92 Å². The molecule has 5 nitrogen and oxygen atoms in total. The van der Waals surface area contributed by atoms with E-state index >= 15 is 0 Å². The first-order valence-corrected chi connectivity index (χ1v) is 9.77. The molecule has 124 valence electrons. The molecule has 0 aliphatic carbocycles. The summed E-state index contributed by atoms with van der Waals surface area (Å²) >= 11 is 0. The lowest BCUT2D eigenvalue weighted by Crippen LogP contribution is -2.30. The van der Waals surface area contributed by atoms with Crippen LogP contribution in [0.4, 0.5) is 0 Å². The Morgan fingerprint density at radius 3 is 2.78 bits per heavy atom. The highest BCUT2D eigenvalue weighted by Crippen LogP contribution is 2.22. The van der Waals surface area contributed by atoms with Gasteiger partial charge in [0.2, 0.25) is 0 Å². The van der Waals surface area contributed by atoms with Gasteiger partial charge < -0.3 is 10.3 Å². The molecule has 1 atom stereocenters. The van der Waals surface area contributed by atoms with E-state index in [-0.39, 0.29) is 23.3 Å². The number of sulfone groups is 1. The number of aromatic nitrogens is 1. The maximum absolute atomic E-state index is 12.3. The van der Waals surface area contributed by atoms with E-state index in [1.165, 1.54) is 5.56 Å². The Kier molecular flexibility index (Phi) is 4.19. The van der Waals surface area contributed by atoms with Crippen LogP contribution in [0.3, 0.4) is 0 Å². The van der Waals surface area contributed by atoms with Gasteiger partial charge in [-0.1, -0.05) is 26.0 Å². The number of hydrogen-bond acceptors (Lipinski definition) is 3. The molecule has 1 fully saturated rings. The maximum atomic E-state index is 12.3. The molecule has 2 aromatic rings. The van der Waals surface area contributed by atoms with Crippen molar-refractivity contribution in [3.05, 3.63) is 35.5 Å². The van der Waals surface area contributed by atoms with Gasteiger partial charge in [0, 0.05) is 17.4 Å². The molecule has 2 N–H and O–H groups in total. The average Bonchev–Trinajstić information content (AvgIpc) is 3.06. The van der Waals surface area contributed by atoms with Crippen LogP contribution in [0.1, 0.15) is 42.2 Å². The van der Waals surface area contributed by atoms with Crippen LogP contribution in [0.15, 0.2) is 24.3 Å². The van der Waals surface area contributed by atoms with Crippen LogP contribution in [0.25, 0.3) is 10.9 Å². The van der Waals surface area contributed by atoms with Gasteiger partial charge in [-0.2, -0.15) is 0 Å². The Hall–Kier alpha value is -1.82. The van der Waals surface area contributed by atoms with Crippen molar-refractivity contribution in [1.29, 1.82) is 0 Å². The molecule has 0 radical (unpaired) electrons. The van der Waals surface area contributed by atoms with E-state index in [1.54, 1.807) is 0 Å². The zero-order valence-electron chi connectivity index (χ0n) is 13.4. The van der Waals surface area contributed by atoms with Gasteiger partial charge >= 0.3 is 0 Å². The monoisotopic (exact) mass is 334 g/mol. The van der Waals surface area contributed by atoms with Crippen molar-refractivity contribution < 1.29 is 13.2 Å². The molecule has 23 heavy (non-hydrogen) atoms. The molecule has 6 heteroatoms. The lowest BCUT2D eigenvalue weighted by molar-refractivity contribution is 0.0944. The minimum Gasteiger partial charge on any atom is -0.351 e. The van der Waals surface area contributed by atoms with E-state index < -0.39 is 9.84 Å². The molecule has 0 spiro atoms. The Balaban J connectivity index is 1.69. The van der Waals surface area contributed by atoms with Crippen LogP contribution in [-0.4, -0.2) is 37.4 Å². The number of rotatable bonds is 4. The van der Waals surface area contributed by atoms with Crippen molar-refractivity contribution in [2.45, 2.75) is 26.2 Å². The summed E-state index contributed by atoms with van der Waals surface area (Å²) < 4.78 is 22.9. The van der Waals surface area contributed by atoms with Crippen LogP contribution in [0, 0.1) is 5.92 Å². The summed E-state index contributed by atoms with van der Waals surface area (Å²) in [4.78, 5) is 15.4. The molecule has 1 aliphatic heterocycles. The highest BCUT2D eigenvalue weighted by molar-refractivity contribution is 7.91. The molecule has 2 heterocycles. The van der Waals surface area contributed by atoms with Crippen LogP contribution in [0.2, 0.25) is 0 Å². The molecular weight excluding hydrogens is 312 g/mol. The number of H-pyrrole nitrogens is 1.